The number of phenolic OH excluding ortho intramolecular Hbond substituents is 1. The molecule has 0 atom stereocenters. The third kappa shape index (κ3) is 4.40. The fourth-order valence-corrected chi connectivity index (χ4v) is 1.91. The third-order valence-corrected chi connectivity index (χ3v) is 2.57. The number of phenols is 1. The minimum atomic E-state index is 0.0393. The SMILES string of the molecule is CC(C)CN(CC(C)C)C(=O)c1ccc(O)cc1. The molecule has 1 N–H and O–H groups in total. The number of amides is 1. The quantitative estimate of drug-likeness (QED) is 0.871. The molecular weight excluding hydrogens is 226 g/mol. The molecule has 0 unspecified atom stereocenters. The maximum absolute atomic E-state index is 12.4. The van der Waals surface area contributed by atoms with Crippen LogP contribution >= 0.6 is 0 Å². The highest BCUT2D eigenvalue weighted by Gasteiger charge is 2.17. The zero-order chi connectivity index (χ0) is 13.7. The lowest BCUT2D eigenvalue weighted by molar-refractivity contribution is 0.0715. The Hall–Kier alpha value is -1.51. The lowest BCUT2D eigenvalue weighted by Gasteiger charge is -2.26. The zero-order valence-electron chi connectivity index (χ0n) is 11.7. The minimum absolute atomic E-state index is 0.0393. The first kappa shape index (κ1) is 14.6. The van der Waals surface area contributed by atoms with E-state index in [1.807, 2.05) is 4.90 Å². The normalized spacial score (nSPS) is 11.0. The van der Waals surface area contributed by atoms with Gasteiger partial charge in [-0.25, -0.2) is 0 Å². The van der Waals surface area contributed by atoms with E-state index in [1.54, 1.807) is 24.3 Å². The van der Waals surface area contributed by atoms with Gasteiger partial charge in [0.05, 0.1) is 0 Å². The van der Waals surface area contributed by atoms with Crippen molar-refractivity contribution in [3.63, 3.8) is 0 Å². The van der Waals surface area contributed by atoms with Crippen LogP contribution in [0, 0.1) is 11.8 Å². The van der Waals surface area contributed by atoms with Gasteiger partial charge in [-0.1, -0.05) is 27.7 Å². The van der Waals surface area contributed by atoms with E-state index in [0.29, 0.717) is 17.4 Å². The predicted octanol–water partition coefficient (Wildman–Crippen LogP) is 3.15. The van der Waals surface area contributed by atoms with E-state index in [-0.39, 0.29) is 11.7 Å². The second kappa shape index (κ2) is 6.43. The van der Waals surface area contributed by atoms with Crippen LogP contribution < -0.4 is 0 Å². The Bertz CT molecular complexity index is 372. The molecule has 1 aromatic carbocycles. The summed E-state index contributed by atoms with van der Waals surface area (Å²) in [6, 6.07) is 6.45. The highest BCUT2D eigenvalue weighted by Crippen LogP contribution is 2.14. The predicted molar refractivity (Wildman–Crippen MR) is 73.7 cm³/mol. The Labute approximate surface area is 109 Å². The molecule has 3 heteroatoms. The van der Waals surface area contributed by atoms with Crippen molar-refractivity contribution in [2.24, 2.45) is 11.8 Å². The van der Waals surface area contributed by atoms with Crippen molar-refractivity contribution in [2.45, 2.75) is 27.7 Å². The van der Waals surface area contributed by atoms with E-state index in [2.05, 4.69) is 27.7 Å². The molecule has 0 bridgehead atoms. The van der Waals surface area contributed by atoms with Crippen LogP contribution in [0.4, 0.5) is 0 Å². The van der Waals surface area contributed by atoms with Gasteiger partial charge in [-0.15, -0.1) is 0 Å². The van der Waals surface area contributed by atoms with Gasteiger partial charge in [0.15, 0.2) is 0 Å². The molecule has 0 heterocycles. The topological polar surface area (TPSA) is 40.5 Å². The number of hydrogen-bond acceptors (Lipinski definition) is 2. The van der Waals surface area contributed by atoms with Crippen LogP contribution in [0.15, 0.2) is 24.3 Å². The maximum Gasteiger partial charge on any atom is 0.253 e. The second-order valence-electron chi connectivity index (χ2n) is 5.54. The minimum Gasteiger partial charge on any atom is -0.508 e. The molecule has 0 saturated carbocycles. The van der Waals surface area contributed by atoms with Crippen molar-refractivity contribution in [1.29, 1.82) is 0 Å². The van der Waals surface area contributed by atoms with E-state index in [1.165, 1.54) is 0 Å². The Kier molecular flexibility index (Phi) is 5.20. The summed E-state index contributed by atoms with van der Waals surface area (Å²) in [7, 11) is 0. The molecule has 0 saturated heterocycles. The van der Waals surface area contributed by atoms with Crippen LogP contribution in [0.3, 0.4) is 0 Å². The molecule has 0 spiro atoms. The standard InChI is InChI=1S/C15H23NO2/c1-11(2)9-16(10-12(3)4)15(18)13-5-7-14(17)8-6-13/h5-8,11-12,17H,9-10H2,1-4H3. The van der Waals surface area contributed by atoms with Crippen molar-refractivity contribution in [1.82, 2.24) is 4.90 Å². The van der Waals surface area contributed by atoms with E-state index in [0.717, 1.165) is 13.1 Å². The lowest BCUT2D eigenvalue weighted by atomic mass is 10.1. The largest absolute Gasteiger partial charge is 0.508 e. The number of hydrogen-bond donors (Lipinski definition) is 1. The van der Waals surface area contributed by atoms with E-state index >= 15 is 0 Å². The summed E-state index contributed by atoms with van der Waals surface area (Å²) in [6.45, 7) is 9.96. The molecular formula is C15H23NO2. The summed E-state index contributed by atoms with van der Waals surface area (Å²) < 4.78 is 0. The first-order valence-electron chi connectivity index (χ1n) is 6.48. The molecule has 0 aliphatic rings. The van der Waals surface area contributed by atoms with Gasteiger partial charge in [0, 0.05) is 18.7 Å². The van der Waals surface area contributed by atoms with Crippen molar-refractivity contribution < 1.29 is 9.90 Å². The average Bonchev–Trinajstić information content (AvgIpc) is 2.27. The summed E-state index contributed by atoms with van der Waals surface area (Å²) in [5.41, 5.74) is 0.633. The van der Waals surface area contributed by atoms with E-state index < -0.39 is 0 Å². The summed E-state index contributed by atoms with van der Waals surface area (Å²) in [5, 5.41) is 9.24. The Balaban J connectivity index is 2.83. The van der Waals surface area contributed by atoms with Gasteiger partial charge in [-0.2, -0.15) is 0 Å². The van der Waals surface area contributed by atoms with Crippen LogP contribution in [-0.2, 0) is 0 Å². The van der Waals surface area contributed by atoms with Gasteiger partial charge in [0.2, 0.25) is 0 Å². The first-order valence-corrected chi connectivity index (χ1v) is 6.48. The van der Waals surface area contributed by atoms with Crippen molar-refractivity contribution >= 4 is 5.91 Å². The monoisotopic (exact) mass is 249 g/mol. The Morgan fingerprint density at radius 1 is 1.06 bits per heavy atom. The summed E-state index contributed by atoms with van der Waals surface area (Å²) in [5.74, 6) is 1.12. The fourth-order valence-electron chi connectivity index (χ4n) is 1.91. The van der Waals surface area contributed by atoms with Gasteiger partial charge in [-0.3, -0.25) is 4.79 Å². The summed E-state index contributed by atoms with van der Waals surface area (Å²) >= 11 is 0. The molecule has 1 aromatic rings. The molecule has 100 valence electrons. The van der Waals surface area contributed by atoms with Crippen LogP contribution in [-0.4, -0.2) is 29.0 Å². The molecule has 0 aliphatic heterocycles. The molecule has 0 aromatic heterocycles. The Morgan fingerprint density at radius 2 is 1.50 bits per heavy atom. The Morgan fingerprint density at radius 3 is 1.89 bits per heavy atom. The molecule has 0 fully saturated rings. The molecule has 1 rings (SSSR count). The number of aromatic hydroxyl groups is 1. The highest BCUT2D eigenvalue weighted by atomic mass is 16.3. The van der Waals surface area contributed by atoms with Gasteiger partial charge in [0.25, 0.3) is 5.91 Å². The summed E-state index contributed by atoms with van der Waals surface area (Å²) in [6.07, 6.45) is 0. The number of carbonyl (C=O) groups excluding carboxylic acids is 1. The second-order valence-corrected chi connectivity index (χ2v) is 5.54. The van der Waals surface area contributed by atoms with Crippen LogP contribution in [0.5, 0.6) is 5.75 Å². The van der Waals surface area contributed by atoms with Gasteiger partial charge >= 0.3 is 0 Å². The lowest BCUT2D eigenvalue weighted by Crippen LogP contribution is -2.36. The number of benzene rings is 1. The number of rotatable bonds is 5. The van der Waals surface area contributed by atoms with Crippen LogP contribution in [0.1, 0.15) is 38.1 Å². The van der Waals surface area contributed by atoms with Crippen molar-refractivity contribution in [2.75, 3.05) is 13.1 Å². The maximum atomic E-state index is 12.4. The molecule has 1 amide bonds. The van der Waals surface area contributed by atoms with Crippen molar-refractivity contribution in [3.05, 3.63) is 29.8 Å². The molecule has 0 aliphatic carbocycles. The molecule has 18 heavy (non-hydrogen) atoms. The zero-order valence-corrected chi connectivity index (χ0v) is 11.7. The highest BCUT2D eigenvalue weighted by molar-refractivity contribution is 5.94. The van der Waals surface area contributed by atoms with Gasteiger partial charge < -0.3 is 10.0 Å². The van der Waals surface area contributed by atoms with E-state index in [9.17, 15) is 9.90 Å². The van der Waals surface area contributed by atoms with E-state index in [4.69, 9.17) is 0 Å². The third-order valence-electron chi connectivity index (χ3n) is 2.57. The summed E-state index contributed by atoms with van der Waals surface area (Å²) in [4.78, 5) is 14.3. The van der Waals surface area contributed by atoms with Gasteiger partial charge in [0.1, 0.15) is 5.75 Å². The number of nitrogens with zero attached hydrogens (tertiary/aromatic N) is 1. The fraction of sp³-hybridized carbons (Fsp3) is 0.533. The molecule has 3 nitrogen and oxygen atoms in total. The van der Waals surface area contributed by atoms with Gasteiger partial charge in [-0.05, 0) is 36.1 Å². The smallest absolute Gasteiger partial charge is 0.253 e. The number of carbonyl (C=O) groups is 1. The molecule has 0 radical (unpaired) electrons. The average molecular weight is 249 g/mol. The van der Waals surface area contributed by atoms with Crippen LogP contribution in [0.2, 0.25) is 0 Å². The van der Waals surface area contributed by atoms with Crippen molar-refractivity contribution in [3.8, 4) is 5.75 Å². The first-order chi connectivity index (χ1) is 8.40. The van der Waals surface area contributed by atoms with Crippen LogP contribution in [0.25, 0.3) is 0 Å².